The highest BCUT2D eigenvalue weighted by molar-refractivity contribution is 5.96. The van der Waals surface area contributed by atoms with Gasteiger partial charge in [0.25, 0.3) is 0 Å². The minimum absolute atomic E-state index is 0.0129. The highest BCUT2D eigenvalue weighted by atomic mass is 19.4. The monoisotopic (exact) mass is 485 g/mol. The second kappa shape index (κ2) is 9.40. The van der Waals surface area contributed by atoms with Crippen LogP contribution in [-0.4, -0.2) is 32.1 Å². The van der Waals surface area contributed by atoms with Crippen molar-refractivity contribution in [3.05, 3.63) is 77.4 Å². The van der Waals surface area contributed by atoms with E-state index in [1.54, 1.807) is 23.1 Å². The lowest BCUT2D eigenvalue weighted by atomic mass is 10.0. The first-order valence-electron chi connectivity index (χ1n) is 11.1. The van der Waals surface area contributed by atoms with E-state index in [2.05, 4.69) is 4.74 Å². The van der Waals surface area contributed by atoms with Crippen molar-refractivity contribution in [3.63, 3.8) is 0 Å². The van der Waals surface area contributed by atoms with Gasteiger partial charge in [-0.2, -0.15) is 0 Å². The zero-order valence-corrected chi connectivity index (χ0v) is 18.6. The van der Waals surface area contributed by atoms with Crippen molar-refractivity contribution in [2.75, 3.05) is 24.7 Å². The minimum atomic E-state index is -4.80. The number of anilines is 1. The number of rotatable bonds is 3. The molecule has 0 unspecified atom stereocenters. The summed E-state index contributed by atoms with van der Waals surface area (Å²) in [6, 6.07) is 16.6. The van der Waals surface area contributed by atoms with Crippen LogP contribution < -0.4 is 23.8 Å². The number of ether oxygens (including phenoxy) is 4. The molecule has 2 heterocycles. The van der Waals surface area contributed by atoms with Gasteiger partial charge in [0.15, 0.2) is 11.5 Å². The van der Waals surface area contributed by atoms with Crippen LogP contribution in [0.4, 0.5) is 18.9 Å². The molecule has 1 amide bonds. The molecule has 0 bridgehead atoms. The van der Waals surface area contributed by atoms with Crippen molar-refractivity contribution in [2.24, 2.45) is 0 Å². The molecule has 0 aliphatic carbocycles. The van der Waals surface area contributed by atoms with E-state index in [1.165, 1.54) is 18.2 Å². The summed E-state index contributed by atoms with van der Waals surface area (Å²) >= 11 is 0. The Labute approximate surface area is 199 Å². The molecule has 0 atom stereocenters. The van der Waals surface area contributed by atoms with Gasteiger partial charge in [-0.1, -0.05) is 30.3 Å². The third kappa shape index (κ3) is 5.29. The number of carbonyl (C=O) groups is 1. The molecule has 0 saturated carbocycles. The molecule has 182 valence electrons. The molecule has 0 radical (unpaired) electrons. The molecule has 2 aliphatic rings. The average Bonchev–Trinajstić information content (AvgIpc) is 2.82. The number of hydrogen-bond donors (Lipinski definition) is 0. The Bertz CT molecular complexity index is 1240. The van der Waals surface area contributed by atoms with Gasteiger partial charge in [-0.3, -0.25) is 4.79 Å². The maximum absolute atomic E-state index is 13.6. The first-order chi connectivity index (χ1) is 16.9. The van der Waals surface area contributed by atoms with E-state index in [1.807, 2.05) is 24.3 Å². The summed E-state index contributed by atoms with van der Waals surface area (Å²) in [5.41, 5.74) is 2.73. The van der Waals surface area contributed by atoms with Crippen molar-refractivity contribution < 1.29 is 36.9 Å². The van der Waals surface area contributed by atoms with E-state index in [4.69, 9.17) is 14.2 Å². The van der Waals surface area contributed by atoms with Gasteiger partial charge in [-0.25, -0.2) is 0 Å². The van der Waals surface area contributed by atoms with Gasteiger partial charge in [0, 0.05) is 23.7 Å². The number of carbonyl (C=O) groups excluding carboxylic acids is 1. The molecule has 0 aromatic heterocycles. The fourth-order valence-electron chi connectivity index (χ4n) is 4.23. The smallest absolute Gasteiger partial charge is 0.493 e. The van der Waals surface area contributed by atoms with Gasteiger partial charge in [-0.15, -0.1) is 13.2 Å². The summed E-state index contributed by atoms with van der Waals surface area (Å²) in [6.45, 7) is 1.30. The van der Waals surface area contributed by atoms with Gasteiger partial charge >= 0.3 is 6.36 Å². The molecule has 3 aromatic carbocycles. The summed E-state index contributed by atoms with van der Waals surface area (Å²) in [6.07, 6.45) is -4.25. The Morgan fingerprint density at radius 1 is 0.829 bits per heavy atom. The van der Waals surface area contributed by atoms with Crippen LogP contribution in [0.2, 0.25) is 0 Å². The first kappa shape index (κ1) is 22.9. The number of benzene rings is 3. The lowest BCUT2D eigenvalue weighted by Crippen LogP contribution is -2.33. The fraction of sp³-hybridized carbons (Fsp3) is 0.269. The highest BCUT2D eigenvalue weighted by Gasteiger charge is 2.31. The Kier molecular flexibility index (Phi) is 6.15. The second-order valence-corrected chi connectivity index (χ2v) is 8.18. The zero-order chi connectivity index (χ0) is 24.4. The predicted molar refractivity (Wildman–Crippen MR) is 121 cm³/mol. The van der Waals surface area contributed by atoms with Gasteiger partial charge in [0.2, 0.25) is 5.91 Å². The largest absolute Gasteiger partial charge is 0.573 e. The number of alkyl halides is 3. The average molecular weight is 485 g/mol. The maximum atomic E-state index is 13.6. The molecule has 2 aliphatic heterocycles. The summed E-state index contributed by atoms with van der Waals surface area (Å²) in [5.74, 6) is 1.09. The Balaban J connectivity index is 1.50. The van der Waals surface area contributed by atoms with Gasteiger partial charge in [-0.05, 0) is 35.4 Å². The van der Waals surface area contributed by atoms with E-state index in [0.717, 1.165) is 5.56 Å². The van der Waals surface area contributed by atoms with Crippen molar-refractivity contribution in [1.82, 2.24) is 0 Å². The molecule has 35 heavy (non-hydrogen) atoms. The topological polar surface area (TPSA) is 57.2 Å². The molecule has 0 saturated heterocycles. The Morgan fingerprint density at radius 2 is 1.57 bits per heavy atom. The van der Waals surface area contributed by atoms with Crippen molar-refractivity contribution >= 4 is 11.6 Å². The van der Waals surface area contributed by atoms with Crippen LogP contribution in [0.25, 0.3) is 0 Å². The molecular formula is C26H22F3NO5. The summed E-state index contributed by atoms with van der Waals surface area (Å²) in [7, 11) is 0. The number of halogens is 3. The van der Waals surface area contributed by atoms with E-state index in [0.29, 0.717) is 60.3 Å². The third-order valence-electron chi connectivity index (χ3n) is 5.75. The van der Waals surface area contributed by atoms with Crippen molar-refractivity contribution in [3.8, 4) is 23.0 Å². The fourth-order valence-corrected chi connectivity index (χ4v) is 4.23. The highest BCUT2D eigenvalue weighted by Crippen LogP contribution is 2.38. The van der Waals surface area contributed by atoms with Crippen LogP contribution in [0.5, 0.6) is 23.0 Å². The van der Waals surface area contributed by atoms with Crippen LogP contribution in [0.3, 0.4) is 0 Å². The van der Waals surface area contributed by atoms with E-state index < -0.39 is 6.36 Å². The molecule has 5 rings (SSSR count). The van der Waals surface area contributed by atoms with Gasteiger partial charge < -0.3 is 23.8 Å². The van der Waals surface area contributed by atoms with Crippen LogP contribution in [0.15, 0.2) is 60.7 Å². The normalized spacial score (nSPS) is 15.5. The zero-order valence-electron chi connectivity index (χ0n) is 18.6. The number of amides is 1. The Morgan fingerprint density at radius 3 is 2.37 bits per heavy atom. The van der Waals surface area contributed by atoms with Crippen molar-refractivity contribution in [2.45, 2.75) is 25.7 Å². The van der Waals surface area contributed by atoms with Crippen LogP contribution in [0.1, 0.15) is 16.7 Å². The van der Waals surface area contributed by atoms with E-state index in [-0.39, 0.29) is 24.6 Å². The molecule has 6 nitrogen and oxygen atoms in total. The first-order valence-corrected chi connectivity index (χ1v) is 11.1. The maximum Gasteiger partial charge on any atom is 0.573 e. The number of para-hydroxylation sites is 1. The summed E-state index contributed by atoms with van der Waals surface area (Å²) in [4.78, 5) is 15.2. The van der Waals surface area contributed by atoms with Crippen LogP contribution >= 0.6 is 0 Å². The van der Waals surface area contributed by atoms with Crippen LogP contribution in [0, 0.1) is 0 Å². The second-order valence-electron chi connectivity index (χ2n) is 8.18. The van der Waals surface area contributed by atoms with Gasteiger partial charge in [0.1, 0.15) is 24.7 Å². The number of fused-ring (bicyclic) bond motifs is 3. The van der Waals surface area contributed by atoms with Crippen molar-refractivity contribution in [1.29, 1.82) is 0 Å². The number of hydrogen-bond acceptors (Lipinski definition) is 5. The molecule has 0 fully saturated rings. The summed E-state index contributed by atoms with van der Waals surface area (Å²) in [5, 5.41) is 0. The third-order valence-corrected chi connectivity index (χ3v) is 5.75. The quantitative estimate of drug-likeness (QED) is 0.519. The summed E-state index contributed by atoms with van der Waals surface area (Å²) < 4.78 is 59.6. The minimum Gasteiger partial charge on any atom is -0.493 e. The molecule has 0 spiro atoms. The SMILES string of the molecule is O=C1Cc2cc3c(cc2OCCc2ccccc2N1Cc1cccc(OC(F)(F)F)c1)OCCO3. The predicted octanol–water partition coefficient (Wildman–Crippen LogP) is 5.07. The molecule has 0 N–H and O–H groups in total. The Hall–Kier alpha value is -3.88. The molecule has 3 aromatic rings. The van der Waals surface area contributed by atoms with E-state index in [9.17, 15) is 18.0 Å². The molecule has 9 heteroatoms. The molecular weight excluding hydrogens is 463 g/mol. The lowest BCUT2D eigenvalue weighted by molar-refractivity contribution is -0.274. The van der Waals surface area contributed by atoms with Gasteiger partial charge in [0.05, 0.1) is 19.6 Å². The number of nitrogens with zero attached hydrogens (tertiary/aromatic N) is 1. The van der Waals surface area contributed by atoms with Crippen LogP contribution in [-0.2, 0) is 24.2 Å². The van der Waals surface area contributed by atoms with E-state index >= 15 is 0 Å². The standard InChI is InChI=1S/C26H22F3NO5/c27-26(28,29)35-20-6-3-4-17(12-20)16-30-21-7-2-1-5-18(21)8-9-32-22-15-24-23(33-10-11-34-24)13-19(22)14-25(30)31/h1-7,12-13,15H,8-11,14,16H2. The lowest BCUT2D eigenvalue weighted by Gasteiger charge is -2.28.